The van der Waals surface area contributed by atoms with Gasteiger partial charge in [-0.05, 0) is 38.1 Å². The van der Waals surface area contributed by atoms with Gasteiger partial charge in [0.05, 0.1) is 38.9 Å². The minimum absolute atomic E-state index is 0.0345. The Balaban J connectivity index is 1.67. The van der Waals surface area contributed by atoms with E-state index in [2.05, 4.69) is 22.0 Å². The maximum atomic E-state index is 15.0. The Hall–Kier alpha value is -3.02. The zero-order chi connectivity index (χ0) is 21.3. The molecule has 2 unspecified atom stereocenters. The van der Waals surface area contributed by atoms with Gasteiger partial charge in [0.2, 0.25) is 0 Å². The third-order valence-electron chi connectivity index (χ3n) is 4.77. The van der Waals surface area contributed by atoms with Crippen molar-refractivity contribution in [3.8, 4) is 22.4 Å². The number of ether oxygens (including phenoxy) is 1. The summed E-state index contributed by atoms with van der Waals surface area (Å²) < 4.78 is 35.4. The van der Waals surface area contributed by atoms with Gasteiger partial charge >= 0.3 is 0 Å². The fourth-order valence-electron chi connectivity index (χ4n) is 3.57. The molecule has 3 heterocycles. The number of carbonyl (C=O) groups excluding carboxylic acids is 1. The van der Waals surface area contributed by atoms with E-state index in [1.807, 2.05) is 26.0 Å². The zero-order valence-electron chi connectivity index (χ0n) is 16.4. The smallest absolute Gasteiger partial charge is 0.184 e. The van der Waals surface area contributed by atoms with Crippen LogP contribution in [-0.4, -0.2) is 41.8 Å². The number of carbonyl (C=O) groups is 1. The van der Waals surface area contributed by atoms with Crippen LogP contribution >= 0.6 is 11.3 Å². The number of rotatable bonds is 3. The first kappa shape index (κ1) is 20.3. The molecule has 0 radical (unpaired) electrons. The molecule has 1 aromatic carbocycles. The molecule has 154 valence electrons. The number of aromatic nitrogens is 2. The standard InChI is InChI=1S/C22H19F2N3O2S/c1-13-10-27(11-14(2)29-13)22-16(12-28)9-15(20(23)21(22)24)3-4-17-5-6-19(30-17)18-7-8-25-26-18/h5-9,12-14H,10-11H2,1-2H3,(H,25,26). The molecule has 0 aliphatic carbocycles. The number of morpholine rings is 1. The van der Waals surface area contributed by atoms with Crippen molar-refractivity contribution in [2.45, 2.75) is 26.1 Å². The molecular formula is C22H19F2N3O2S. The van der Waals surface area contributed by atoms with Crippen LogP contribution in [0.4, 0.5) is 14.5 Å². The Bertz CT molecular complexity index is 1120. The Kier molecular flexibility index (Phi) is 5.66. The highest BCUT2D eigenvalue weighted by molar-refractivity contribution is 7.16. The number of H-pyrrole nitrogens is 1. The van der Waals surface area contributed by atoms with Crippen LogP contribution in [0.5, 0.6) is 0 Å². The van der Waals surface area contributed by atoms with Gasteiger partial charge in [0, 0.05) is 24.8 Å². The number of anilines is 1. The number of benzene rings is 1. The molecule has 1 fully saturated rings. The van der Waals surface area contributed by atoms with Crippen molar-refractivity contribution in [2.75, 3.05) is 18.0 Å². The fraction of sp³-hybridized carbons (Fsp3) is 0.273. The van der Waals surface area contributed by atoms with Gasteiger partial charge in [0.15, 0.2) is 17.9 Å². The molecule has 0 saturated carbocycles. The first-order chi connectivity index (χ1) is 14.5. The van der Waals surface area contributed by atoms with Gasteiger partial charge in [-0.2, -0.15) is 5.10 Å². The van der Waals surface area contributed by atoms with Crippen LogP contribution in [0.25, 0.3) is 10.6 Å². The number of thiophene rings is 1. The van der Waals surface area contributed by atoms with Crippen molar-refractivity contribution < 1.29 is 18.3 Å². The number of hydrogen-bond acceptors (Lipinski definition) is 5. The van der Waals surface area contributed by atoms with Gasteiger partial charge in [-0.25, -0.2) is 8.78 Å². The van der Waals surface area contributed by atoms with Crippen LogP contribution in [0, 0.1) is 23.5 Å². The minimum atomic E-state index is -1.06. The van der Waals surface area contributed by atoms with Gasteiger partial charge in [-0.3, -0.25) is 9.89 Å². The number of hydrogen-bond donors (Lipinski definition) is 1. The summed E-state index contributed by atoms with van der Waals surface area (Å²) in [5, 5.41) is 6.77. The van der Waals surface area contributed by atoms with E-state index in [0.717, 1.165) is 10.6 Å². The lowest BCUT2D eigenvalue weighted by Crippen LogP contribution is -2.46. The van der Waals surface area contributed by atoms with Crippen LogP contribution in [-0.2, 0) is 4.74 Å². The lowest BCUT2D eigenvalue weighted by molar-refractivity contribution is -0.00547. The highest BCUT2D eigenvalue weighted by atomic mass is 32.1. The summed E-state index contributed by atoms with van der Waals surface area (Å²) >= 11 is 1.40. The molecule has 1 saturated heterocycles. The Labute approximate surface area is 176 Å². The predicted octanol–water partition coefficient (Wildman–Crippen LogP) is 4.24. The van der Waals surface area contributed by atoms with Gasteiger partial charge < -0.3 is 9.64 Å². The van der Waals surface area contributed by atoms with E-state index in [1.165, 1.54) is 17.4 Å². The average Bonchev–Trinajstić information content (AvgIpc) is 3.39. The number of aldehydes is 1. The first-order valence-corrected chi connectivity index (χ1v) is 10.3. The fourth-order valence-corrected chi connectivity index (χ4v) is 4.41. The Morgan fingerprint density at radius 1 is 1.20 bits per heavy atom. The molecule has 0 spiro atoms. The number of aromatic amines is 1. The molecule has 2 atom stereocenters. The van der Waals surface area contributed by atoms with Gasteiger partial charge in [0.1, 0.15) is 0 Å². The van der Waals surface area contributed by atoms with Crippen molar-refractivity contribution in [3.05, 3.63) is 58.1 Å². The number of nitrogens with one attached hydrogen (secondary N) is 1. The first-order valence-electron chi connectivity index (χ1n) is 9.45. The third kappa shape index (κ3) is 3.99. The van der Waals surface area contributed by atoms with E-state index in [1.54, 1.807) is 17.2 Å². The van der Waals surface area contributed by atoms with Crippen molar-refractivity contribution in [3.63, 3.8) is 0 Å². The molecule has 0 amide bonds. The van der Waals surface area contributed by atoms with Crippen molar-refractivity contribution in [2.24, 2.45) is 0 Å². The normalized spacial score (nSPS) is 18.7. The van der Waals surface area contributed by atoms with Gasteiger partial charge in [-0.15, -0.1) is 11.3 Å². The van der Waals surface area contributed by atoms with E-state index >= 15 is 0 Å². The van der Waals surface area contributed by atoms with E-state index < -0.39 is 11.6 Å². The molecule has 5 nitrogen and oxygen atoms in total. The summed E-state index contributed by atoms with van der Waals surface area (Å²) in [6.45, 7) is 4.46. The second kappa shape index (κ2) is 8.38. The minimum Gasteiger partial charge on any atom is -0.372 e. The molecule has 0 bridgehead atoms. The molecule has 4 rings (SSSR count). The largest absolute Gasteiger partial charge is 0.372 e. The monoisotopic (exact) mass is 427 g/mol. The summed E-state index contributed by atoms with van der Waals surface area (Å²) in [6, 6.07) is 6.82. The highest BCUT2D eigenvalue weighted by Gasteiger charge is 2.28. The van der Waals surface area contributed by atoms with Gasteiger partial charge in [-0.1, -0.05) is 11.8 Å². The summed E-state index contributed by atoms with van der Waals surface area (Å²) in [4.78, 5) is 14.9. The van der Waals surface area contributed by atoms with Crippen LogP contribution < -0.4 is 4.90 Å². The highest BCUT2D eigenvalue weighted by Crippen LogP contribution is 2.31. The Morgan fingerprint density at radius 2 is 1.97 bits per heavy atom. The van der Waals surface area contributed by atoms with Gasteiger partial charge in [0.25, 0.3) is 0 Å². The van der Waals surface area contributed by atoms with E-state index in [9.17, 15) is 13.6 Å². The molecule has 2 aromatic heterocycles. The lowest BCUT2D eigenvalue weighted by Gasteiger charge is -2.37. The second-order valence-electron chi connectivity index (χ2n) is 7.15. The molecule has 1 N–H and O–H groups in total. The van der Waals surface area contributed by atoms with Crippen LogP contribution in [0.2, 0.25) is 0 Å². The molecule has 30 heavy (non-hydrogen) atoms. The molecule has 1 aliphatic rings. The topological polar surface area (TPSA) is 58.2 Å². The van der Waals surface area contributed by atoms with Crippen molar-refractivity contribution in [1.82, 2.24) is 10.2 Å². The molecule has 1 aliphatic heterocycles. The summed E-state index contributed by atoms with van der Waals surface area (Å²) in [7, 11) is 0. The second-order valence-corrected chi connectivity index (χ2v) is 8.24. The molecular weight excluding hydrogens is 408 g/mol. The SMILES string of the molecule is CC1CN(c2c(C=O)cc(C#Cc3ccc(-c4ccn[nH]4)s3)c(F)c2F)CC(C)O1. The van der Waals surface area contributed by atoms with E-state index in [0.29, 0.717) is 24.3 Å². The molecule has 8 heteroatoms. The van der Waals surface area contributed by atoms with Crippen LogP contribution in [0.3, 0.4) is 0 Å². The van der Waals surface area contributed by atoms with Crippen LogP contribution in [0.15, 0.2) is 30.5 Å². The number of halogens is 2. The van der Waals surface area contributed by atoms with E-state index in [-0.39, 0.29) is 29.0 Å². The third-order valence-corrected chi connectivity index (χ3v) is 5.80. The van der Waals surface area contributed by atoms with Crippen molar-refractivity contribution >= 4 is 23.3 Å². The summed E-state index contributed by atoms with van der Waals surface area (Å²) in [5.74, 6) is 3.41. The number of nitrogens with zero attached hydrogens (tertiary/aromatic N) is 2. The summed E-state index contributed by atoms with van der Waals surface area (Å²) in [5.41, 5.74) is 0.743. The predicted molar refractivity (Wildman–Crippen MR) is 112 cm³/mol. The van der Waals surface area contributed by atoms with Crippen LogP contribution in [0.1, 0.15) is 34.6 Å². The average molecular weight is 427 g/mol. The van der Waals surface area contributed by atoms with Crippen molar-refractivity contribution in [1.29, 1.82) is 0 Å². The maximum absolute atomic E-state index is 15.0. The molecule has 3 aromatic rings. The quantitative estimate of drug-likeness (QED) is 0.502. The summed E-state index contributed by atoms with van der Waals surface area (Å²) in [6.07, 6.45) is 1.88. The van der Waals surface area contributed by atoms with E-state index in [4.69, 9.17) is 4.74 Å². The maximum Gasteiger partial charge on any atom is 0.184 e. The Morgan fingerprint density at radius 3 is 2.63 bits per heavy atom. The lowest BCUT2D eigenvalue weighted by atomic mass is 10.1. The zero-order valence-corrected chi connectivity index (χ0v) is 17.2.